The summed E-state index contributed by atoms with van der Waals surface area (Å²) in [7, 11) is 0. The van der Waals surface area contributed by atoms with Gasteiger partial charge in [0.15, 0.2) is 0 Å². The first-order valence-corrected chi connectivity index (χ1v) is 15.5. The molecular formula is C36H33BrN2O4. The molecule has 3 aromatic rings. The number of hydrogen-bond acceptors (Lipinski definition) is 4. The highest BCUT2D eigenvalue weighted by Gasteiger charge is 2.75. The van der Waals surface area contributed by atoms with E-state index in [1.807, 2.05) is 102 Å². The number of anilines is 2. The summed E-state index contributed by atoms with van der Waals surface area (Å²) in [5, 5.41) is 0. The zero-order valence-electron chi connectivity index (χ0n) is 25.1. The van der Waals surface area contributed by atoms with Crippen molar-refractivity contribution in [3.05, 3.63) is 104 Å². The SMILES string of the molecule is Cc1cc(C)c(N2C(=O)[C@@H]3C4C=CC(c5ccc(Br)cc5)([C@@H]3C2=O)[C@@H]2C(=O)N(c3c(C)cc(C)cc3C)C(=O)[C@H]42)c(C)c1. The minimum Gasteiger partial charge on any atom is -0.274 e. The summed E-state index contributed by atoms with van der Waals surface area (Å²) in [6.45, 7) is 11.7. The molecule has 0 unspecified atom stereocenters. The summed E-state index contributed by atoms with van der Waals surface area (Å²) >= 11 is 3.52. The summed E-state index contributed by atoms with van der Waals surface area (Å²) in [4.78, 5) is 61.1. The number of imide groups is 2. The van der Waals surface area contributed by atoms with Gasteiger partial charge in [-0.15, -0.1) is 0 Å². The summed E-state index contributed by atoms with van der Waals surface area (Å²) in [5.41, 5.74) is 6.31. The lowest BCUT2D eigenvalue weighted by atomic mass is 9.45. The Morgan fingerprint density at radius 2 is 1.00 bits per heavy atom. The Kier molecular flexibility index (Phi) is 6.07. The van der Waals surface area contributed by atoms with Gasteiger partial charge in [-0.05, 0) is 81.5 Å². The van der Waals surface area contributed by atoms with Crippen LogP contribution in [-0.4, -0.2) is 23.6 Å². The van der Waals surface area contributed by atoms with E-state index in [0.717, 1.165) is 43.4 Å². The molecule has 0 spiro atoms. The van der Waals surface area contributed by atoms with E-state index >= 15 is 0 Å². The molecule has 0 N–H and O–H groups in total. The highest BCUT2D eigenvalue weighted by Crippen LogP contribution is 2.65. The smallest absolute Gasteiger partial charge is 0.238 e. The number of carbonyl (C=O) groups excluding carboxylic acids is 4. The molecule has 3 aliphatic carbocycles. The molecule has 3 aromatic carbocycles. The number of aryl methyl sites for hydroxylation is 6. The number of halogens is 1. The van der Waals surface area contributed by atoms with Gasteiger partial charge < -0.3 is 0 Å². The molecule has 6 nitrogen and oxygen atoms in total. The summed E-state index contributed by atoms with van der Waals surface area (Å²) in [5.74, 6) is -4.87. The average Bonchev–Trinajstić information content (AvgIpc) is 3.36. The van der Waals surface area contributed by atoms with Crippen molar-refractivity contribution in [2.75, 3.05) is 9.80 Å². The van der Waals surface area contributed by atoms with Crippen molar-refractivity contribution in [1.29, 1.82) is 0 Å². The van der Waals surface area contributed by atoms with E-state index in [1.165, 1.54) is 9.80 Å². The quantitative estimate of drug-likeness (QED) is 0.248. The van der Waals surface area contributed by atoms with Crippen LogP contribution in [0.5, 0.6) is 0 Å². The molecule has 2 heterocycles. The van der Waals surface area contributed by atoms with Gasteiger partial charge in [-0.2, -0.15) is 0 Å². The van der Waals surface area contributed by atoms with Crippen LogP contribution in [0.4, 0.5) is 11.4 Å². The first-order chi connectivity index (χ1) is 20.4. The molecule has 0 radical (unpaired) electrons. The number of nitrogens with zero attached hydrogens (tertiary/aromatic N) is 2. The second kappa shape index (κ2) is 9.33. The Hall–Kier alpha value is -3.84. The molecule has 5 aliphatic rings. The number of allylic oxidation sites excluding steroid dienone is 2. The number of rotatable bonds is 3. The third kappa shape index (κ3) is 3.57. The number of carbonyl (C=O) groups is 4. The van der Waals surface area contributed by atoms with Crippen LogP contribution in [0.1, 0.15) is 38.9 Å². The second-order valence-corrected chi connectivity index (χ2v) is 13.8. The highest BCUT2D eigenvalue weighted by atomic mass is 79.9. The Morgan fingerprint density at radius 3 is 1.40 bits per heavy atom. The fraction of sp³-hybridized carbons (Fsp3) is 0.333. The normalized spacial score (nSPS) is 29.1. The van der Waals surface area contributed by atoms with Crippen molar-refractivity contribution in [1.82, 2.24) is 0 Å². The Labute approximate surface area is 259 Å². The van der Waals surface area contributed by atoms with Gasteiger partial charge in [-0.3, -0.25) is 19.2 Å². The van der Waals surface area contributed by atoms with Crippen molar-refractivity contribution in [3.63, 3.8) is 0 Å². The second-order valence-electron chi connectivity index (χ2n) is 12.9. The van der Waals surface area contributed by atoms with Gasteiger partial charge >= 0.3 is 0 Å². The lowest BCUT2D eigenvalue weighted by Gasteiger charge is -2.53. The molecule has 2 aliphatic heterocycles. The van der Waals surface area contributed by atoms with Crippen molar-refractivity contribution < 1.29 is 19.2 Å². The first kappa shape index (κ1) is 28.0. The molecule has 2 bridgehead atoms. The van der Waals surface area contributed by atoms with Crippen molar-refractivity contribution in [2.24, 2.45) is 29.6 Å². The molecule has 1 saturated carbocycles. The van der Waals surface area contributed by atoms with Gasteiger partial charge in [-0.25, -0.2) is 9.80 Å². The third-order valence-corrected chi connectivity index (χ3v) is 10.7. The van der Waals surface area contributed by atoms with E-state index in [-0.39, 0.29) is 23.6 Å². The molecule has 43 heavy (non-hydrogen) atoms. The fourth-order valence-electron chi connectivity index (χ4n) is 8.98. The van der Waals surface area contributed by atoms with Gasteiger partial charge in [0.1, 0.15) is 0 Å². The van der Waals surface area contributed by atoms with Crippen molar-refractivity contribution in [2.45, 2.75) is 47.0 Å². The summed E-state index contributed by atoms with van der Waals surface area (Å²) < 4.78 is 0.858. The van der Waals surface area contributed by atoms with Crippen LogP contribution in [-0.2, 0) is 24.6 Å². The zero-order valence-corrected chi connectivity index (χ0v) is 26.7. The fourth-order valence-corrected chi connectivity index (χ4v) is 9.25. The van der Waals surface area contributed by atoms with Gasteiger partial charge in [0.05, 0.1) is 35.0 Å². The van der Waals surface area contributed by atoms with Crippen molar-refractivity contribution >= 4 is 50.9 Å². The van der Waals surface area contributed by atoms with Gasteiger partial charge in [0.2, 0.25) is 23.6 Å². The van der Waals surface area contributed by atoms with E-state index in [1.54, 1.807) is 0 Å². The van der Waals surface area contributed by atoms with E-state index in [4.69, 9.17) is 0 Å². The van der Waals surface area contributed by atoms with E-state index in [9.17, 15) is 19.2 Å². The lowest BCUT2D eigenvalue weighted by molar-refractivity contribution is -0.140. The lowest BCUT2D eigenvalue weighted by Crippen LogP contribution is -2.60. The minimum atomic E-state index is -1.16. The van der Waals surface area contributed by atoms with Crippen LogP contribution in [0.25, 0.3) is 0 Å². The number of benzene rings is 3. The third-order valence-electron chi connectivity index (χ3n) is 10.2. The zero-order chi connectivity index (χ0) is 30.7. The van der Waals surface area contributed by atoms with Crippen LogP contribution in [0.15, 0.2) is 65.2 Å². The molecule has 0 aromatic heterocycles. The van der Waals surface area contributed by atoms with Crippen LogP contribution in [0, 0.1) is 71.1 Å². The van der Waals surface area contributed by atoms with E-state index in [0.29, 0.717) is 11.4 Å². The Morgan fingerprint density at radius 1 is 0.605 bits per heavy atom. The van der Waals surface area contributed by atoms with Crippen LogP contribution < -0.4 is 9.80 Å². The van der Waals surface area contributed by atoms with E-state index in [2.05, 4.69) is 15.9 Å². The van der Waals surface area contributed by atoms with Gasteiger partial charge in [-0.1, -0.05) is 75.6 Å². The first-order valence-electron chi connectivity index (χ1n) is 14.7. The van der Waals surface area contributed by atoms with Gasteiger partial charge in [0, 0.05) is 15.8 Å². The van der Waals surface area contributed by atoms with Crippen molar-refractivity contribution in [3.8, 4) is 0 Å². The Balaban J connectivity index is 1.45. The predicted molar refractivity (Wildman–Crippen MR) is 169 cm³/mol. The van der Waals surface area contributed by atoms with Crippen LogP contribution in [0.2, 0.25) is 0 Å². The minimum absolute atomic E-state index is 0.291. The van der Waals surface area contributed by atoms with E-state index < -0.39 is 35.0 Å². The standard InChI is InChI=1S/C36H33BrN2O4/c1-17-13-19(3)30(20(4)14-17)38-32(40)26-25-11-12-36(28(26)34(38)42,23-7-9-24(37)10-8-23)29-27(25)33(41)39(35(29)43)31-21(5)15-18(2)16-22(31)6/h7-16,25-29H,1-6H3/t25?,26-,27-,28+,29+,36?/m1/s1. The molecule has 2 saturated heterocycles. The predicted octanol–water partition coefficient (Wildman–Crippen LogP) is 6.35. The summed E-state index contributed by atoms with van der Waals surface area (Å²) in [6, 6.07) is 15.5. The molecular weight excluding hydrogens is 604 g/mol. The van der Waals surface area contributed by atoms with Crippen LogP contribution >= 0.6 is 15.9 Å². The molecule has 3 fully saturated rings. The highest BCUT2D eigenvalue weighted by molar-refractivity contribution is 9.10. The number of amides is 4. The van der Waals surface area contributed by atoms with Gasteiger partial charge in [0.25, 0.3) is 0 Å². The molecule has 218 valence electrons. The number of hydrogen-bond donors (Lipinski definition) is 0. The average molecular weight is 638 g/mol. The maximum Gasteiger partial charge on any atom is 0.238 e. The maximum atomic E-state index is 14.7. The largest absolute Gasteiger partial charge is 0.274 e. The van der Waals surface area contributed by atoms with Crippen LogP contribution in [0.3, 0.4) is 0 Å². The molecule has 7 heteroatoms. The monoisotopic (exact) mass is 636 g/mol. The molecule has 8 rings (SSSR count). The molecule has 4 atom stereocenters. The Bertz CT molecular complexity index is 1680. The molecule has 4 amide bonds. The summed E-state index contributed by atoms with van der Waals surface area (Å²) in [6.07, 6.45) is 3.91. The topological polar surface area (TPSA) is 74.8 Å². The maximum absolute atomic E-state index is 14.7.